The molecule has 2 heteroatoms. The van der Waals surface area contributed by atoms with Crippen LogP contribution in [0.15, 0.2) is 0 Å². The van der Waals surface area contributed by atoms with E-state index >= 15 is 0 Å². The summed E-state index contributed by atoms with van der Waals surface area (Å²) in [6, 6.07) is 0. The van der Waals surface area contributed by atoms with Gasteiger partial charge in [-0.25, -0.2) is 0 Å². The molecule has 0 aliphatic heterocycles. The summed E-state index contributed by atoms with van der Waals surface area (Å²) < 4.78 is 5.79. The summed E-state index contributed by atoms with van der Waals surface area (Å²) in [5.41, 5.74) is 0.875. The van der Waals surface area contributed by atoms with E-state index in [9.17, 15) is 5.11 Å². The van der Waals surface area contributed by atoms with Gasteiger partial charge in [0.15, 0.2) is 0 Å². The third kappa shape index (κ3) is 5.19. The molecule has 0 aromatic carbocycles. The van der Waals surface area contributed by atoms with Gasteiger partial charge >= 0.3 is 0 Å². The number of aliphatic hydroxyl groups excluding tert-OH is 1. The van der Waals surface area contributed by atoms with Crippen LogP contribution in [0.5, 0.6) is 0 Å². The lowest BCUT2D eigenvalue weighted by Crippen LogP contribution is -2.68. The maximum atomic E-state index is 12.8. The predicted molar refractivity (Wildman–Crippen MR) is 178 cm³/mol. The van der Waals surface area contributed by atoms with Crippen molar-refractivity contribution in [3.63, 3.8) is 0 Å². The first-order chi connectivity index (χ1) is 19.6. The fourth-order valence-corrected chi connectivity index (χ4v) is 14.5. The molecule has 0 aromatic rings. The van der Waals surface area contributed by atoms with E-state index in [-0.39, 0.29) is 16.9 Å². The standard InChI is InChI=1S/C40H72O2/c1-23(2)32-19-30(17-16-29-14-13-15-31(18-29)42-12)26(6)35-33(32)21-38(9)22-39(10)20-25(5)34(24(3)4)27(7)40(39,11)28(8)36(38)37(35)41/h23-37,41H,13-22H2,1-12H3. The molecule has 0 bridgehead atoms. The van der Waals surface area contributed by atoms with E-state index in [0.717, 1.165) is 35.5 Å². The molecule has 42 heavy (non-hydrogen) atoms. The minimum atomic E-state index is -0.152. The van der Waals surface area contributed by atoms with E-state index in [1.54, 1.807) is 0 Å². The molecule has 0 saturated heterocycles. The van der Waals surface area contributed by atoms with Gasteiger partial charge in [0.2, 0.25) is 0 Å². The molecule has 16 unspecified atom stereocenters. The van der Waals surface area contributed by atoms with Crippen molar-refractivity contribution >= 4 is 0 Å². The largest absolute Gasteiger partial charge is 0.392 e. The van der Waals surface area contributed by atoms with Gasteiger partial charge in [0.05, 0.1) is 12.2 Å². The molecular weight excluding hydrogens is 512 g/mol. The molecule has 5 saturated carbocycles. The Balaban J connectivity index is 1.43. The Hall–Kier alpha value is -0.0800. The van der Waals surface area contributed by atoms with Crippen molar-refractivity contribution in [2.75, 3.05) is 7.11 Å². The topological polar surface area (TPSA) is 29.5 Å². The lowest BCUT2D eigenvalue weighted by atomic mass is 9.32. The molecule has 0 heterocycles. The van der Waals surface area contributed by atoms with Crippen LogP contribution in [0.3, 0.4) is 0 Å². The van der Waals surface area contributed by atoms with Gasteiger partial charge in [-0.2, -0.15) is 0 Å². The monoisotopic (exact) mass is 585 g/mol. The SMILES string of the molecule is COC1CCCC(CCC2CC(C(C)C)C3CC4(C)CC5(C)CC(C)C(C(C)C)C(C)C5(C)C(C)C4C(O)C3C2C)C1. The predicted octanol–water partition coefficient (Wildman–Crippen LogP) is 10.5. The lowest BCUT2D eigenvalue weighted by Gasteiger charge is -2.73. The van der Waals surface area contributed by atoms with Gasteiger partial charge in [0.1, 0.15) is 0 Å². The van der Waals surface area contributed by atoms with Crippen LogP contribution in [0, 0.1) is 93.2 Å². The third-order valence-electron chi connectivity index (χ3n) is 16.4. The Morgan fingerprint density at radius 1 is 0.857 bits per heavy atom. The summed E-state index contributed by atoms with van der Waals surface area (Å²) in [4.78, 5) is 0. The highest BCUT2D eigenvalue weighted by Gasteiger charge is 2.69. The Labute approximate surface area is 262 Å². The number of methoxy groups -OCH3 is 1. The van der Waals surface area contributed by atoms with Crippen molar-refractivity contribution in [3.05, 3.63) is 0 Å². The van der Waals surface area contributed by atoms with Crippen molar-refractivity contribution in [1.29, 1.82) is 0 Å². The molecule has 0 spiro atoms. The van der Waals surface area contributed by atoms with Gasteiger partial charge in [0.25, 0.3) is 0 Å². The van der Waals surface area contributed by atoms with Crippen molar-refractivity contribution in [2.24, 2.45) is 93.2 Å². The molecule has 5 aliphatic carbocycles. The van der Waals surface area contributed by atoms with Crippen LogP contribution >= 0.6 is 0 Å². The van der Waals surface area contributed by atoms with E-state index in [4.69, 9.17) is 4.74 Å². The highest BCUT2D eigenvalue weighted by Crippen LogP contribution is 2.74. The highest BCUT2D eigenvalue weighted by molar-refractivity contribution is 5.18. The number of hydrogen-bond donors (Lipinski definition) is 1. The Bertz CT molecular complexity index is 927. The van der Waals surface area contributed by atoms with Gasteiger partial charge in [-0.3, -0.25) is 0 Å². The molecule has 5 aliphatic rings. The molecule has 5 fully saturated rings. The molecular formula is C40H72O2. The van der Waals surface area contributed by atoms with E-state index in [1.165, 1.54) is 64.2 Å². The first kappa shape index (κ1) is 33.3. The minimum absolute atomic E-state index is 0.152. The average Bonchev–Trinajstić information content (AvgIpc) is 2.89. The van der Waals surface area contributed by atoms with Crippen molar-refractivity contribution in [1.82, 2.24) is 0 Å². The highest BCUT2D eigenvalue weighted by atomic mass is 16.5. The zero-order valence-electron chi connectivity index (χ0n) is 30.1. The van der Waals surface area contributed by atoms with Gasteiger partial charge in [-0.15, -0.1) is 0 Å². The minimum Gasteiger partial charge on any atom is -0.392 e. The molecule has 2 nitrogen and oxygen atoms in total. The number of ether oxygens (including phenoxy) is 1. The maximum Gasteiger partial charge on any atom is 0.0609 e. The summed E-state index contributed by atoms with van der Waals surface area (Å²) in [7, 11) is 1.91. The van der Waals surface area contributed by atoms with E-state index < -0.39 is 0 Å². The van der Waals surface area contributed by atoms with Gasteiger partial charge < -0.3 is 9.84 Å². The molecule has 0 amide bonds. The Morgan fingerprint density at radius 3 is 2.17 bits per heavy atom. The molecule has 1 N–H and O–H groups in total. The second kappa shape index (κ2) is 11.9. The quantitative estimate of drug-likeness (QED) is 0.336. The van der Waals surface area contributed by atoms with Gasteiger partial charge in [-0.1, -0.05) is 95.4 Å². The summed E-state index contributed by atoms with van der Waals surface area (Å²) in [6.07, 6.45) is 13.7. The average molecular weight is 585 g/mol. The zero-order chi connectivity index (χ0) is 30.9. The Kier molecular flexibility index (Phi) is 9.46. The first-order valence-corrected chi connectivity index (χ1v) is 18.8. The summed E-state index contributed by atoms with van der Waals surface area (Å²) >= 11 is 0. The van der Waals surface area contributed by atoms with Crippen LogP contribution in [-0.4, -0.2) is 24.4 Å². The van der Waals surface area contributed by atoms with Crippen LogP contribution in [0.2, 0.25) is 0 Å². The Morgan fingerprint density at radius 2 is 1.55 bits per heavy atom. The van der Waals surface area contributed by atoms with Crippen LogP contribution in [0.4, 0.5) is 0 Å². The first-order valence-electron chi connectivity index (χ1n) is 18.8. The summed E-state index contributed by atoms with van der Waals surface area (Å²) in [6.45, 7) is 28.3. The second-order valence-corrected chi connectivity index (χ2v) is 18.9. The van der Waals surface area contributed by atoms with Gasteiger partial charge in [-0.05, 0) is 138 Å². The van der Waals surface area contributed by atoms with Crippen LogP contribution in [-0.2, 0) is 4.74 Å². The fraction of sp³-hybridized carbons (Fsp3) is 1.00. The second-order valence-electron chi connectivity index (χ2n) is 18.9. The summed E-state index contributed by atoms with van der Waals surface area (Å²) in [5, 5.41) is 12.8. The molecule has 5 rings (SSSR count). The molecule has 244 valence electrons. The summed E-state index contributed by atoms with van der Waals surface area (Å²) in [5.74, 6) is 8.83. The number of hydrogen-bond acceptors (Lipinski definition) is 2. The van der Waals surface area contributed by atoms with Crippen LogP contribution < -0.4 is 0 Å². The smallest absolute Gasteiger partial charge is 0.0609 e. The van der Waals surface area contributed by atoms with E-state index in [1.807, 2.05) is 7.11 Å². The normalized spacial score (nSPS) is 54.8. The van der Waals surface area contributed by atoms with Crippen molar-refractivity contribution < 1.29 is 9.84 Å². The number of fused-ring (bicyclic) bond motifs is 3. The van der Waals surface area contributed by atoms with E-state index in [0.29, 0.717) is 52.9 Å². The molecule has 16 atom stereocenters. The van der Waals surface area contributed by atoms with Gasteiger partial charge in [0, 0.05) is 7.11 Å². The molecule has 0 radical (unpaired) electrons. The fourth-order valence-electron chi connectivity index (χ4n) is 14.5. The zero-order valence-corrected chi connectivity index (χ0v) is 30.1. The number of aliphatic hydroxyl groups is 1. The maximum absolute atomic E-state index is 12.8. The lowest BCUT2D eigenvalue weighted by molar-refractivity contribution is -0.265. The number of rotatable bonds is 6. The van der Waals surface area contributed by atoms with Crippen molar-refractivity contribution in [3.8, 4) is 0 Å². The third-order valence-corrected chi connectivity index (χ3v) is 16.4. The van der Waals surface area contributed by atoms with Crippen LogP contribution in [0.25, 0.3) is 0 Å². The van der Waals surface area contributed by atoms with E-state index in [2.05, 4.69) is 76.2 Å². The van der Waals surface area contributed by atoms with Crippen molar-refractivity contribution in [2.45, 2.75) is 153 Å². The van der Waals surface area contributed by atoms with Crippen LogP contribution in [0.1, 0.15) is 140 Å². The molecule has 0 aromatic heterocycles.